The summed E-state index contributed by atoms with van der Waals surface area (Å²) in [6.45, 7) is 5.02. The van der Waals surface area contributed by atoms with Crippen molar-refractivity contribution in [2.45, 2.75) is 32.4 Å². The van der Waals surface area contributed by atoms with Crippen LogP contribution in [-0.2, 0) is 9.53 Å². The summed E-state index contributed by atoms with van der Waals surface area (Å²) in [6, 6.07) is 1.46. The van der Waals surface area contributed by atoms with Crippen LogP contribution < -0.4 is 14.8 Å². The van der Waals surface area contributed by atoms with Gasteiger partial charge in [0.2, 0.25) is 0 Å². The van der Waals surface area contributed by atoms with Gasteiger partial charge in [0.15, 0.2) is 17.5 Å². The maximum absolute atomic E-state index is 11.9. The zero-order valence-electron chi connectivity index (χ0n) is 13.6. The number of alkyl carbamates (subject to hydrolysis) is 1. The molecule has 128 valence electrons. The second-order valence-electron chi connectivity index (χ2n) is 5.65. The van der Waals surface area contributed by atoms with Crippen LogP contribution in [0.5, 0.6) is 11.5 Å². The lowest BCUT2D eigenvalue weighted by atomic mass is 10.1. The predicted molar refractivity (Wildman–Crippen MR) is 84.3 cm³/mol. The molecule has 0 heterocycles. The molecule has 2 N–H and O–H groups in total. The summed E-state index contributed by atoms with van der Waals surface area (Å²) >= 11 is 5.98. The molecule has 0 saturated carbocycles. The standard InChI is InChI=1S/C15H20ClNO6/c1-15(2,3)23-14(20)17-11(13(18)19)9-6-8(16)7-10(21-4)12(9)22-5/h6-7,11H,1-5H3,(H,17,20)(H,18,19)/t11-/m1/s1. The summed E-state index contributed by atoms with van der Waals surface area (Å²) in [4.78, 5) is 23.5. The average molecular weight is 346 g/mol. The van der Waals surface area contributed by atoms with E-state index in [4.69, 9.17) is 25.8 Å². The quantitative estimate of drug-likeness (QED) is 0.852. The number of carbonyl (C=O) groups is 2. The first-order valence-corrected chi connectivity index (χ1v) is 7.10. The maximum Gasteiger partial charge on any atom is 0.408 e. The van der Waals surface area contributed by atoms with Gasteiger partial charge in [0, 0.05) is 16.7 Å². The highest BCUT2D eigenvalue weighted by atomic mass is 35.5. The summed E-state index contributed by atoms with van der Waals surface area (Å²) in [7, 11) is 2.76. The zero-order valence-corrected chi connectivity index (χ0v) is 14.4. The van der Waals surface area contributed by atoms with Crippen molar-refractivity contribution >= 4 is 23.7 Å². The van der Waals surface area contributed by atoms with Crippen molar-refractivity contribution in [2.75, 3.05) is 14.2 Å². The lowest BCUT2D eigenvalue weighted by Gasteiger charge is -2.23. The largest absolute Gasteiger partial charge is 0.493 e. The van der Waals surface area contributed by atoms with Crippen LogP contribution in [-0.4, -0.2) is 37.0 Å². The van der Waals surface area contributed by atoms with Gasteiger partial charge < -0.3 is 24.6 Å². The lowest BCUT2D eigenvalue weighted by molar-refractivity contribution is -0.139. The molecule has 7 nitrogen and oxygen atoms in total. The molecule has 0 fully saturated rings. The number of methoxy groups -OCH3 is 2. The number of nitrogens with one attached hydrogen (secondary N) is 1. The van der Waals surface area contributed by atoms with Gasteiger partial charge in [-0.25, -0.2) is 9.59 Å². The molecule has 1 aromatic rings. The SMILES string of the molecule is COc1cc(Cl)cc([C@@H](NC(=O)OC(C)(C)C)C(=O)O)c1OC. The summed E-state index contributed by atoms with van der Waals surface area (Å²) in [5.41, 5.74) is -0.612. The third-order valence-electron chi connectivity index (χ3n) is 2.69. The van der Waals surface area contributed by atoms with E-state index >= 15 is 0 Å². The Hall–Kier alpha value is -2.15. The molecule has 1 atom stereocenters. The van der Waals surface area contributed by atoms with Crippen molar-refractivity contribution in [3.05, 3.63) is 22.7 Å². The molecule has 0 aromatic heterocycles. The van der Waals surface area contributed by atoms with Crippen LogP contribution in [0.25, 0.3) is 0 Å². The Bertz CT molecular complexity index is 596. The minimum absolute atomic E-state index is 0.148. The van der Waals surface area contributed by atoms with E-state index in [1.165, 1.54) is 26.4 Å². The van der Waals surface area contributed by atoms with Crippen LogP contribution in [0, 0.1) is 0 Å². The molecule has 8 heteroatoms. The number of carboxylic acid groups (broad SMARTS) is 1. The van der Waals surface area contributed by atoms with E-state index in [0.29, 0.717) is 0 Å². The molecule has 0 bridgehead atoms. The Kier molecular flexibility index (Phi) is 6.09. The molecule has 0 unspecified atom stereocenters. The summed E-state index contributed by atoms with van der Waals surface area (Å²) in [5, 5.41) is 12.0. The van der Waals surface area contributed by atoms with Crippen LogP contribution >= 0.6 is 11.6 Å². The first kappa shape index (κ1) is 18.9. The first-order chi connectivity index (χ1) is 10.6. The number of aliphatic carboxylic acids is 1. The van der Waals surface area contributed by atoms with Gasteiger partial charge in [-0.2, -0.15) is 0 Å². The summed E-state index contributed by atoms with van der Waals surface area (Å²) in [5.74, 6) is -0.869. The fourth-order valence-electron chi connectivity index (χ4n) is 1.87. The molecule has 0 spiro atoms. The molecule has 1 amide bonds. The molecule has 0 aliphatic heterocycles. The van der Waals surface area contributed by atoms with E-state index in [1.807, 2.05) is 0 Å². The summed E-state index contributed by atoms with van der Waals surface area (Å²) in [6.07, 6.45) is -0.870. The number of hydrogen-bond acceptors (Lipinski definition) is 5. The minimum Gasteiger partial charge on any atom is -0.493 e. The highest BCUT2D eigenvalue weighted by Gasteiger charge is 2.29. The Labute approximate surface area is 139 Å². The van der Waals surface area contributed by atoms with E-state index in [2.05, 4.69) is 5.32 Å². The normalized spacial score (nSPS) is 12.3. The lowest BCUT2D eigenvalue weighted by Crippen LogP contribution is -2.38. The van der Waals surface area contributed by atoms with Gasteiger partial charge in [0.25, 0.3) is 0 Å². The predicted octanol–water partition coefficient (Wildman–Crippen LogP) is 3.01. The van der Waals surface area contributed by atoms with E-state index in [-0.39, 0.29) is 22.1 Å². The second-order valence-corrected chi connectivity index (χ2v) is 6.08. The highest BCUT2D eigenvalue weighted by molar-refractivity contribution is 6.30. The van der Waals surface area contributed by atoms with Gasteiger partial charge in [0.05, 0.1) is 14.2 Å². The van der Waals surface area contributed by atoms with Crippen molar-refractivity contribution in [2.24, 2.45) is 0 Å². The first-order valence-electron chi connectivity index (χ1n) is 6.72. The molecular formula is C15H20ClNO6. The topological polar surface area (TPSA) is 94.1 Å². The average Bonchev–Trinajstić information content (AvgIpc) is 2.41. The monoisotopic (exact) mass is 345 g/mol. The zero-order chi connectivity index (χ0) is 17.8. The number of ether oxygens (including phenoxy) is 3. The molecule has 1 rings (SSSR count). The highest BCUT2D eigenvalue weighted by Crippen LogP contribution is 2.38. The van der Waals surface area contributed by atoms with Crippen LogP contribution in [0.2, 0.25) is 5.02 Å². The van der Waals surface area contributed by atoms with Crippen LogP contribution in [0.3, 0.4) is 0 Å². The number of hydrogen-bond donors (Lipinski definition) is 2. The van der Waals surface area contributed by atoms with Crippen LogP contribution in [0.15, 0.2) is 12.1 Å². The Morgan fingerprint density at radius 3 is 2.26 bits per heavy atom. The number of rotatable bonds is 5. The maximum atomic E-state index is 11.9. The van der Waals surface area contributed by atoms with E-state index in [0.717, 1.165) is 0 Å². The van der Waals surface area contributed by atoms with Crippen molar-refractivity contribution in [1.82, 2.24) is 5.32 Å². The number of amides is 1. The molecule has 23 heavy (non-hydrogen) atoms. The van der Waals surface area contributed by atoms with Gasteiger partial charge in [-0.05, 0) is 26.8 Å². The van der Waals surface area contributed by atoms with Crippen LogP contribution in [0.1, 0.15) is 32.4 Å². The Balaban J connectivity index is 3.23. The molecule has 0 saturated heterocycles. The third kappa shape index (κ3) is 5.21. The van der Waals surface area contributed by atoms with Gasteiger partial charge in [-0.1, -0.05) is 11.6 Å². The Morgan fingerprint density at radius 1 is 1.22 bits per heavy atom. The molecule has 0 aliphatic rings. The van der Waals surface area contributed by atoms with Gasteiger partial charge in [0.1, 0.15) is 5.60 Å². The molecule has 0 aliphatic carbocycles. The summed E-state index contributed by atoms with van der Waals surface area (Å²) < 4.78 is 15.4. The molecule has 1 aromatic carbocycles. The third-order valence-corrected chi connectivity index (χ3v) is 2.91. The fraction of sp³-hybridized carbons (Fsp3) is 0.467. The van der Waals surface area contributed by atoms with E-state index in [1.54, 1.807) is 20.8 Å². The van der Waals surface area contributed by atoms with Crippen LogP contribution in [0.4, 0.5) is 4.79 Å². The van der Waals surface area contributed by atoms with Crippen molar-refractivity contribution in [3.8, 4) is 11.5 Å². The van der Waals surface area contributed by atoms with Crippen molar-refractivity contribution in [3.63, 3.8) is 0 Å². The van der Waals surface area contributed by atoms with Gasteiger partial charge in [-0.3, -0.25) is 0 Å². The van der Waals surface area contributed by atoms with Gasteiger partial charge in [-0.15, -0.1) is 0 Å². The number of benzene rings is 1. The van der Waals surface area contributed by atoms with E-state index in [9.17, 15) is 14.7 Å². The Morgan fingerprint density at radius 2 is 1.83 bits per heavy atom. The van der Waals surface area contributed by atoms with Crippen molar-refractivity contribution < 1.29 is 28.9 Å². The smallest absolute Gasteiger partial charge is 0.408 e. The fourth-order valence-corrected chi connectivity index (χ4v) is 2.09. The van der Waals surface area contributed by atoms with Gasteiger partial charge >= 0.3 is 12.1 Å². The number of halogens is 1. The minimum atomic E-state index is -1.41. The number of carbonyl (C=O) groups excluding carboxylic acids is 1. The molecule has 0 radical (unpaired) electrons. The molecular weight excluding hydrogens is 326 g/mol. The van der Waals surface area contributed by atoms with Crippen molar-refractivity contribution in [1.29, 1.82) is 0 Å². The number of carboxylic acids is 1. The second kappa shape index (κ2) is 7.41. The van der Waals surface area contributed by atoms with E-state index < -0.39 is 23.7 Å².